The molecule has 1 aliphatic heterocycles. The fraction of sp³-hybridized carbons (Fsp3) is 0.333. The molecule has 2 N–H and O–H groups in total. The molecule has 0 amide bonds. The van der Waals surface area contributed by atoms with Gasteiger partial charge in [-0.15, -0.1) is 0 Å². The second-order valence-electron chi connectivity index (χ2n) is 4.24. The minimum absolute atomic E-state index is 0.278. The second kappa shape index (κ2) is 4.18. The van der Waals surface area contributed by atoms with Crippen molar-refractivity contribution in [2.24, 2.45) is 0 Å². The van der Waals surface area contributed by atoms with Gasteiger partial charge < -0.3 is 10.2 Å². The normalized spacial score (nSPS) is 15.8. The van der Waals surface area contributed by atoms with Crippen LogP contribution in [0.3, 0.4) is 0 Å². The van der Waals surface area contributed by atoms with Gasteiger partial charge in [0.25, 0.3) is 6.01 Å². The minimum Gasteiger partial charge on any atom is -0.429 e. The van der Waals surface area contributed by atoms with E-state index in [4.69, 9.17) is 10.2 Å². The quantitative estimate of drug-likeness (QED) is 0.839. The summed E-state index contributed by atoms with van der Waals surface area (Å²) in [7, 11) is 0. The molecule has 3 heterocycles. The van der Waals surface area contributed by atoms with Crippen LogP contribution in [0.25, 0.3) is 0 Å². The van der Waals surface area contributed by atoms with Gasteiger partial charge in [0.1, 0.15) is 5.76 Å². The first-order chi connectivity index (χ1) is 8.31. The van der Waals surface area contributed by atoms with Crippen molar-refractivity contribution in [2.75, 3.05) is 12.3 Å². The molecular formula is C12H14N4O. The molecule has 0 unspecified atom stereocenters. The molecule has 0 spiro atoms. The minimum atomic E-state index is 0.278. The van der Waals surface area contributed by atoms with Gasteiger partial charge in [-0.25, -0.2) is 0 Å². The van der Waals surface area contributed by atoms with Crippen molar-refractivity contribution in [1.29, 1.82) is 0 Å². The average molecular weight is 230 g/mol. The summed E-state index contributed by atoms with van der Waals surface area (Å²) in [5.41, 5.74) is 7.79. The predicted molar refractivity (Wildman–Crippen MR) is 63.0 cm³/mol. The predicted octanol–water partition coefficient (Wildman–Crippen LogP) is 1.21. The summed E-state index contributed by atoms with van der Waals surface area (Å²) in [6.45, 7) is 2.69. The van der Waals surface area contributed by atoms with E-state index < -0.39 is 0 Å². The molecule has 0 aliphatic carbocycles. The molecular weight excluding hydrogens is 216 g/mol. The van der Waals surface area contributed by atoms with E-state index in [9.17, 15) is 0 Å². The maximum Gasteiger partial charge on any atom is 0.292 e. The molecule has 17 heavy (non-hydrogen) atoms. The molecule has 0 saturated heterocycles. The van der Waals surface area contributed by atoms with Crippen molar-refractivity contribution in [3.63, 3.8) is 0 Å². The Labute approximate surface area is 99.3 Å². The van der Waals surface area contributed by atoms with Gasteiger partial charge >= 0.3 is 0 Å². The Kier molecular flexibility index (Phi) is 2.53. The smallest absolute Gasteiger partial charge is 0.292 e. The molecule has 3 rings (SSSR count). The van der Waals surface area contributed by atoms with Gasteiger partial charge in [-0.3, -0.25) is 9.88 Å². The molecule has 0 aromatic carbocycles. The number of hydrogen-bond donors (Lipinski definition) is 1. The lowest BCUT2D eigenvalue weighted by molar-refractivity contribution is 0.232. The summed E-state index contributed by atoms with van der Waals surface area (Å²) in [5.74, 6) is 0.938. The van der Waals surface area contributed by atoms with E-state index in [1.807, 2.05) is 24.5 Å². The number of pyridine rings is 1. The van der Waals surface area contributed by atoms with E-state index in [0.29, 0.717) is 0 Å². The molecule has 1 aliphatic rings. The van der Waals surface area contributed by atoms with Gasteiger partial charge in [0, 0.05) is 38.4 Å². The Morgan fingerprint density at radius 2 is 2.18 bits per heavy atom. The molecule has 0 radical (unpaired) electrons. The van der Waals surface area contributed by atoms with Crippen LogP contribution in [-0.4, -0.2) is 21.4 Å². The maximum atomic E-state index is 5.55. The number of hydrogen-bond acceptors (Lipinski definition) is 5. The maximum absolute atomic E-state index is 5.55. The summed E-state index contributed by atoms with van der Waals surface area (Å²) in [6.07, 6.45) is 4.52. The molecule has 2 aromatic heterocycles. The van der Waals surface area contributed by atoms with Crippen molar-refractivity contribution in [3.8, 4) is 0 Å². The van der Waals surface area contributed by atoms with E-state index in [0.717, 1.165) is 37.5 Å². The Hall–Kier alpha value is -1.88. The lowest BCUT2D eigenvalue weighted by Gasteiger charge is -2.24. The Balaban J connectivity index is 1.72. The van der Waals surface area contributed by atoms with Crippen LogP contribution < -0.4 is 5.73 Å². The van der Waals surface area contributed by atoms with Crippen molar-refractivity contribution in [3.05, 3.63) is 41.5 Å². The number of fused-ring (bicyclic) bond motifs is 1. The van der Waals surface area contributed by atoms with Gasteiger partial charge in [0.15, 0.2) is 0 Å². The Morgan fingerprint density at radius 1 is 1.35 bits per heavy atom. The molecule has 0 atom stereocenters. The van der Waals surface area contributed by atoms with Crippen LogP contribution in [0.1, 0.15) is 17.0 Å². The first kappa shape index (κ1) is 10.3. The molecule has 5 heteroatoms. The number of nitrogen functional groups attached to an aromatic ring is 1. The third-order valence-corrected chi connectivity index (χ3v) is 2.98. The van der Waals surface area contributed by atoms with Crippen LogP contribution in [0.15, 0.2) is 28.9 Å². The first-order valence-corrected chi connectivity index (χ1v) is 5.66. The van der Waals surface area contributed by atoms with Gasteiger partial charge in [-0.1, -0.05) is 0 Å². The molecule has 5 nitrogen and oxygen atoms in total. The van der Waals surface area contributed by atoms with Crippen molar-refractivity contribution >= 4 is 6.01 Å². The fourth-order valence-electron chi connectivity index (χ4n) is 2.15. The van der Waals surface area contributed by atoms with E-state index in [1.54, 1.807) is 0 Å². The number of nitrogens with two attached hydrogens (primary N) is 1. The monoisotopic (exact) mass is 230 g/mol. The molecule has 88 valence electrons. The van der Waals surface area contributed by atoms with Gasteiger partial charge in [-0.05, 0) is 17.7 Å². The zero-order valence-corrected chi connectivity index (χ0v) is 9.47. The lowest BCUT2D eigenvalue weighted by Crippen LogP contribution is -2.29. The molecule has 0 fully saturated rings. The second-order valence-corrected chi connectivity index (χ2v) is 4.24. The van der Waals surface area contributed by atoms with E-state index in [-0.39, 0.29) is 6.01 Å². The summed E-state index contributed by atoms with van der Waals surface area (Å²) in [6, 6.07) is 4.35. The van der Waals surface area contributed by atoms with Crippen LogP contribution in [0.4, 0.5) is 6.01 Å². The van der Waals surface area contributed by atoms with Gasteiger partial charge in [0.2, 0.25) is 0 Å². The van der Waals surface area contributed by atoms with Crippen LogP contribution >= 0.6 is 0 Å². The van der Waals surface area contributed by atoms with Gasteiger partial charge in [0.05, 0.1) is 5.69 Å². The Morgan fingerprint density at radius 3 is 3.00 bits per heavy atom. The Bertz CT molecular complexity index is 508. The third kappa shape index (κ3) is 2.14. The number of aromatic nitrogens is 2. The van der Waals surface area contributed by atoms with E-state index in [1.165, 1.54) is 5.56 Å². The van der Waals surface area contributed by atoms with Crippen molar-refractivity contribution in [2.45, 2.75) is 19.5 Å². The number of rotatable bonds is 2. The SMILES string of the molecule is Nc1nc2c(o1)CCN(Cc1ccncc1)C2. The third-order valence-electron chi connectivity index (χ3n) is 2.98. The highest BCUT2D eigenvalue weighted by atomic mass is 16.4. The highest BCUT2D eigenvalue weighted by molar-refractivity contribution is 5.22. The van der Waals surface area contributed by atoms with Crippen molar-refractivity contribution in [1.82, 2.24) is 14.9 Å². The standard InChI is InChI=1S/C12H14N4O/c13-12-15-10-8-16(6-3-11(10)17-12)7-9-1-4-14-5-2-9/h1-2,4-5H,3,6-8H2,(H2,13,15). The summed E-state index contributed by atoms with van der Waals surface area (Å²) >= 11 is 0. The van der Waals surface area contributed by atoms with E-state index in [2.05, 4.69) is 14.9 Å². The van der Waals surface area contributed by atoms with Crippen LogP contribution in [0.2, 0.25) is 0 Å². The number of oxazole rings is 1. The lowest BCUT2D eigenvalue weighted by atomic mass is 10.1. The highest BCUT2D eigenvalue weighted by Gasteiger charge is 2.21. The summed E-state index contributed by atoms with van der Waals surface area (Å²) in [5, 5.41) is 0. The van der Waals surface area contributed by atoms with Gasteiger partial charge in [-0.2, -0.15) is 4.98 Å². The summed E-state index contributed by atoms with van der Waals surface area (Å²) < 4.78 is 5.33. The molecule has 0 saturated carbocycles. The number of nitrogens with zero attached hydrogens (tertiary/aromatic N) is 3. The van der Waals surface area contributed by atoms with Crippen LogP contribution in [-0.2, 0) is 19.5 Å². The zero-order valence-electron chi connectivity index (χ0n) is 9.47. The zero-order chi connectivity index (χ0) is 11.7. The van der Waals surface area contributed by atoms with Crippen molar-refractivity contribution < 1.29 is 4.42 Å². The van der Waals surface area contributed by atoms with E-state index >= 15 is 0 Å². The molecule has 0 bridgehead atoms. The van der Waals surface area contributed by atoms with Crippen LogP contribution in [0.5, 0.6) is 0 Å². The first-order valence-electron chi connectivity index (χ1n) is 5.66. The largest absolute Gasteiger partial charge is 0.429 e. The highest BCUT2D eigenvalue weighted by Crippen LogP contribution is 2.21. The summed E-state index contributed by atoms with van der Waals surface area (Å²) in [4.78, 5) is 10.5. The average Bonchev–Trinajstić information content (AvgIpc) is 2.70. The fourth-order valence-corrected chi connectivity index (χ4v) is 2.15. The topological polar surface area (TPSA) is 68.2 Å². The number of anilines is 1. The van der Waals surface area contributed by atoms with Crippen LogP contribution in [0, 0.1) is 0 Å². The molecule has 2 aromatic rings.